The molecule has 1 rings (SSSR count). The first kappa shape index (κ1) is 10.7. The Bertz CT molecular complexity index is 321. The highest BCUT2D eigenvalue weighted by Gasteiger charge is 2.06. The number of rotatable bonds is 3. The Morgan fingerprint density at radius 1 is 1.50 bits per heavy atom. The van der Waals surface area contributed by atoms with Crippen molar-refractivity contribution in [3.63, 3.8) is 0 Å². The van der Waals surface area contributed by atoms with Crippen molar-refractivity contribution >= 4 is 5.97 Å². The molecule has 76 valence electrons. The maximum Gasteiger partial charge on any atom is 0.310 e. The Labute approximate surface area is 82.7 Å². The molecule has 0 fully saturated rings. The molecule has 0 amide bonds. The van der Waals surface area contributed by atoms with Gasteiger partial charge in [0.1, 0.15) is 5.82 Å². The van der Waals surface area contributed by atoms with Gasteiger partial charge < -0.3 is 4.74 Å². The van der Waals surface area contributed by atoms with Gasteiger partial charge in [0.2, 0.25) is 0 Å². The van der Waals surface area contributed by atoms with Crippen LogP contribution in [0.2, 0.25) is 0 Å². The van der Waals surface area contributed by atoms with E-state index in [9.17, 15) is 9.18 Å². The molecule has 0 spiro atoms. The van der Waals surface area contributed by atoms with E-state index in [0.717, 1.165) is 0 Å². The van der Waals surface area contributed by atoms with E-state index in [0.29, 0.717) is 5.56 Å². The van der Waals surface area contributed by atoms with E-state index in [4.69, 9.17) is 4.74 Å². The van der Waals surface area contributed by atoms with Gasteiger partial charge in [0, 0.05) is 0 Å². The first-order valence-corrected chi connectivity index (χ1v) is 4.52. The van der Waals surface area contributed by atoms with Gasteiger partial charge in [-0.1, -0.05) is 12.1 Å². The number of halogens is 1. The number of carbonyl (C=O) groups is 1. The number of hydrogen-bond acceptors (Lipinski definition) is 2. The quantitative estimate of drug-likeness (QED) is 0.693. The molecule has 1 aromatic rings. The summed E-state index contributed by atoms with van der Waals surface area (Å²) in [5.74, 6) is -0.662. The summed E-state index contributed by atoms with van der Waals surface area (Å²) < 4.78 is 17.7. The summed E-state index contributed by atoms with van der Waals surface area (Å²) in [5.41, 5.74) is 0.635. The molecule has 0 aliphatic heterocycles. The number of hydrogen-bond donors (Lipinski definition) is 0. The number of ether oxygens (including phenoxy) is 1. The molecule has 0 atom stereocenters. The maximum atomic E-state index is 12.7. The SMILES string of the molecule is CC(C)OC(=O)Cc1cccc(F)c1. The van der Waals surface area contributed by atoms with Gasteiger partial charge in [-0.15, -0.1) is 0 Å². The van der Waals surface area contributed by atoms with Gasteiger partial charge in [0.25, 0.3) is 0 Å². The summed E-state index contributed by atoms with van der Waals surface area (Å²) in [6.45, 7) is 3.56. The van der Waals surface area contributed by atoms with Crippen LogP contribution in [0.1, 0.15) is 19.4 Å². The Morgan fingerprint density at radius 2 is 2.21 bits per heavy atom. The fourth-order valence-corrected chi connectivity index (χ4v) is 1.12. The highest BCUT2D eigenvalue weighted by Crippen LogP contribution is 2.05. The molecule has 3 heteroatoms. The second-order valence-electron chi connectivity index (χ2n) is 3.35. The van der Waals surface area contributed by atoms with Gasteiger partial charge in [-0.3, -0.25) is 4.79 Å². The van der Waals surface area contributed by atoms with Crippen molar-refractivity contribution in [1.82, 2.24) is 0 Å². The van der Waals surface area contributed by atoms with E-state index in [1.54, 1.807) is 26.0 Å². The highest BCUT2D eigenvalue weighted by atomic mass is 19.1. The monoisotopic (exact) mass is 196 g/mol. The zero-order valence-corrected chi connectivity index (χ0v) is 8.29. The third-order valence-electron chi connectivity index (χ3n) is 1.60. The fourth-order valence-electron chi connectivity index (χ4n) is 1.12. The van der Waals surface area contributed by atoms with E-state index >= 15 is 0 Å². The normalized spacial score (nSPS) is 10.3. The lowest BCUT2D eigenvalue weighted by molar-refractivity contribution is -0.146. The van der Waals surface area contributed by atoms with Crippen LogP contribution in [0, 0.1) is 5.82 Å². The second-order valence-corrected chi connectivity index (χ2v) is 3.35. The summed E-state index contributed by atoms with van der Waals surface area (Å²) >= 11 is 0. The van der Waals surface area contributed by atoms with Crippen LogP contribution in [0.5, 0.6) is 0 Å². The predicted octanol–water partition coefficient (Wildman–Crippen LogP) is 2.32. The molecule has 0 N–H and O–H groups in total. The van der Waals surface area contributed by atoms with Crippen LogP contribution in [0.4, 0.5) is 4.39 Å². The minimum atomic E-state index is -0.333. The van der Waals surface area contributed by atoms with Gasteiger partial charge in [-0.2, -0.15) is 0 Å². The second kappa shape index (κ2) is 4.74. The summed E-state index contributed by atoms with van der Waals surface area (Å²) in [7, 11) is 0. The summed E-state index contributed by atoms with van der Waals surface area (Å²) in [4.78, 5) is 11.2. The van der Waals surface area contributed by atoms with Crippen molar-refractivity contribution in [2.24, 2.45) is 0 Å². The average molecular weight is 196 g/mol. The highest BCUT2D eigenvalue weighted by molar-refractivity contribution is 5.72. The first-order valence-electron chi connectivity index (χ1n) is 4.52. The molecule has 14 heavy (non-hydrogen) atoms. The third-order valence-corrected chi connectivity index (χ3v) is 1.60. The minimum Gasteiger partial charge on any atom is -0.463 e. The molecular formula is C11H13FO2. The first-order chi connectivity index (χ1) is 6.58. The third kappa shape index (κ3) is 3.56. The molecule has 1 aromatic carbocycles. The zero-order valence-electron chi connectivity index (χ0n) is 8.29. The zero-order chi connectivity index (χ0) is 10.6. The molecule has 0 aliphatic rings. The van der Waals surface area contributed by atoms with E-state index < -0.39 is 0 Å². The number of esters is 1. The predicted molar refractivity (Wildman–Crippen MR) is 51.3 cm³/mol. The molecule has 2 nitrogen and oxygen atoms in total. The van der Waals surface area contributed by atoms with Crippen LogP contribution in [0.25, 0.3) is 0 Å². The molecule has 0 aliphatic carbocycles. The van der Waals surface area contributed by atoms with Crippen molar-refractivity contribution in [1.29, 1.82) is 0 Å². The molecule has 0 bridgehead atoms. The molecule has 0 aromatic heterocycles. The minimum absolute atomic E-state index is 0.121. The fraction of sp³-hybridized carbons (Fsp3) is 0.364. The summed E-state index contributed by atoms with van der Waals surface area (Å²) in [5, 5.41) is 0. The maximum absolute atomic E-state index is 12.7. The number of carbonyl (C=O) groups excluding carboxylic acids is 1. The molecule has 0 radical (unpaired) electrons. The Morgan fingerprint density at radius 3 is 2.79 bits per heavy atom. The smallest absolute Gasteiger partial charge is 0.310 e. The Balaban J connectivity index is 2.56. The van der Waals surface area contributed by atoms with Crippen LogP contribution < -0.4 is 0 Å². The lowest BCUT2D eigenvalue weighted by Crippen LogP contribution is -2.13. The largest absolute Gasteiger partial charge is 0.463 e. The lowest BCUT2D eigenvalue weighted by Gasteiger charge is -2.07. The molecule has 0 heterocycles. The van der Waals surface area contributed by atoms with Crippen LogP contribution >= 0.6 is 0 Å². The summed E-state index contributed by atoms with van der Waals surface area (Å²) in [6, 6.07) is 5.96. The van der Waals surface area contributed by atoms with E-state index in [-0.39, 0.29) is 24.3 Å². The van der Waals surface area contributed by atoms with Crippen LogP contribution in [0.15, 0.2) is 24.3 Å². The van der Waals surface area contributed by atoms with Crippen molar-refractivity contribution in [3.05, 3.63) is 35.6 Å². The van der Waals surface area contributed by atoms with Crippen molar-refractivity contribution in [2.45, 2.75) is 26.4 Å². The van der Waals surface area contributed by atoms with Crippen molar-refractivity contribution in [2.75, 3.05) is 0 Å². The number of benzene rings is 1. The Kier molecular flexibility index (Phi) is 3.63. The van der Waals surface area contributed by atoms with Crippen molar-refractivity contribution in [3.8, 4) is 0 Å². The topological polar surface area (TPSA) is 26.3 Å². The molecule has 0 saturated carbocycles. The van der Waals surface area contributed by atoms with Gasteiger partial charge in [-0.05, 0) is 31.5 Å². The van der Waals surface area contributed by atoms with Gasteiger partial charge >= 0.3 is 5.97 Å². The van der Waals surface area contributed by atoms with E-state index in [2.05, 4.69) is 0 Å². The molecule has 0 unspecified atom stereocenters. The average Bonchev–Trinajstić information content (AvgIpc) is 2.01. The molecule has 0 saturated heterocycles. The van der Waals surface area contributed by atoms with Crippen LogP contribution in [-0.2, 0) is 16.0 Å². The van der Waals surface area contributed by atoms with Gasteiger partial charge in [0.05, 0.1) is 12.5 Å². The molecular weight excluding hydrogens is 183 g/mol. The standard InChI is InChI=1S/C11H13FO2/c1-8(2)14-11(13)7-9-4-3-5-10(12)6-9/h3-6,8H,7H2,1-2H3. The van der Waals surface area contributed by atoms with Crippen LogP contribution in [0.3, 0.4) is 0 Å². The van der Waals surface area contributed by atoms with E-state index in [1.165, 1.54) is 12.1 Å². The summed E-state index contributed by atoms with van der Waals surface area (Å²) in [6.07, 6.45) is -0.00768. The lowest BCUT2D eigenvalue weighted by atomic mass is 10.1. The van der Waals surface area contributed by atoms with E-state index in [1.807, 2.05) is 0 Å². The van der Waals surface area contributed by atoms with Gasteiger partial charge in [-0.25, -0.2) is 4.39 Å². The Hall–Kier alpha value is -1.38. The van der Waals surface area contributed by atoms with Crippen molar-refractivity contribution < 1.29 is 13.9 Å². The van der Waals surface area contributed by atoms with Gasteiger partial charge in [0.15, 0.2) is 0 Å². The van der Waals surface area contributed by atoms with Crippen LogP contribution in [-0.4, -0.2) is 12.1 Å².